The molecular weight excluding hydrogens is 210 g/mol. The zero-order valence-electron chi connectivity index (χ0n) is 8.43. The Bertz CT molecular complexity index is 650. The zero-order valence-corrected chi connectivity index (χ0v) is 8.43. The Morgan fingerprint density at radius 2 is 2.00 bits per heavy atom. The summed E-state index contributed by atoms with van der Waals surface area (Å²) in [5.41, 5.74) is -1.33. The van der Waals surface area contributed by atoms with Crippen LogP contribution in [0.2, 0.25) is 0 Å². The number of rotatable bonds is 2. The van der Waals surface area contributed by atoms with E-state index in [4.69, 9.17) is 0 Å². The molecule has 0 aliphatic heterocycles. The molecule has 0 saturated carbocycles. The van der Waals surface area contributed by atoms with Gasteiger partial charge >= 0.3 is 11.1 Å². The van der Waals surface area contributed by atoms with Crippen molar-refractivity contribution in [3.05, 3.63) is 50.5 Å². The van der Waals surface area contributed by atoms with Gasteiger partial charge in [-0.2, -0.15) is 4.57 Å². The van der Waals surface area contributed by atoms with Gasteiger partial charge in [-0.05, 0) is 13.0 Å². The van der Waals surface area contributed by atoms with Crippen LogP contribution in [-0.4, -0.2) is 10.9 Å². The lowest BCUT2D eigenvalue weighted by molar-refractivity contribution is -0.598. The van der Waals surface area contributed by atoms with Crippen LogP contribution < -0.4 is 15.4 Å². The monoisotopic (exact) mass is 218 g/mol. The van der Waals surface area contributed by atoms with Gasteiger partial charge in [0, 0.05) is 6.07 Å². The van der Waals surface area contributed by atoms with E-state index in [9.17, 15) is 19.5 Å². The smallest absolute Gasteiger partial charge is 0.309 e. The minimum atomic E-state index is -0.893. The Balaban J connectivity index is 2.59. The van der Waals surface area contributed by atoms with Crippen LogP contribution in [0.4, 0.5) is 0 Å². The maximum Gasteiger partial charge on any atom is 0.309 e. The quantitative estimate of drug-likeness (QED) is 0.417. The van der Waals surface area contributed by atoms with E-state index < -0.39 is 16.6 Å². The van der Waals surface area contributed by atoms with Crippen molar-refractivity contribution in [1.29, 1.82) is 0 Å². The molecule has 0 spiro atoms. The molecule has 0 amide bonds. The first-order chi connectivity index (χ1) is 7.52. The van der Waals surface area contributed by atoms with Crippen LogP contribution in [0.15, 0.2) is 34.1 Å². The average Bonchev–Trinajstić information content (AvgIpc) is 2.29. The molecule has 1 aromatic carbocycles. The SMILES string of the molecule is CC(=O)c1ccc[n+](-c2c(O)c(=O)c2=O)c1. The molecule has 0 unspecified atom stereocenters. The van der Waals surface area contributed by atoms with Gasteiger partial charge in [-0.3, -0.25) is 14.4 Å². The first-order valence-electron chi connectivity index (χ1n) is 4.57. The molecule has 0 aliphatic rings. The molecule has 1 heterocycles. The molecular formula is C11H8NO4+. The Hall–Kier alpha value is -2.30. The Morgan fingerprint density at radius 1 is 1.31 bits per heavy atom. The second-order valence-electron chi connectivity index (χ2n) is 3.41. The van der Waals surface area contributed by atoms with E-state index in [2.05, 4.69) is 0 Å². The molecule has 0 bridgehead atoms. The van der Waals surface area contributed by atoms with Gasteiger partial charge in [-0.15, -0.1) is 0 Å². The minimum Gasteiger partial charge on any atom is -0.499 e. The molecule has 80 valence electrons. The summed E-state index contributed by atoms with van der Waals surface area (Å²) in [6.45, 7) is 1.39. The Labute approximate surface area is 89.9 Å². The largest absolute Gasteiger partial charge is 0.499 e. The summed E-state index contributed by atoms with van der Waals surface area (Å²) < 4.78 is 1.27. The highest BCUT2D eigenvalue weighted by molar-refractivity contribution is 5.93. The predicted octanol–water partition coefficient (Wildman–Crippen LogP) is -0.532. The van der Waals surface area contributed by atoms with Gasteiger partial charge in [0.25, 0.3) is 5.43 Å². The number of hydrogen-bond donors (Lipinski definition) is 1. The van der Waals surface area contributed by atoms with Crippen molar-refractivity contribution < 1.29 is 14.5 Å². The van der Waals surface area contributed by atoms with Crippen molar-refractivity contribution in [2.75, 3.05) is 0 Å². The van der Waals surface area contributed by atoms with Gasteiger partial charge in [0.2, 0.25) is 5.75 Å². The fourth-order valence-electron chi connectivity index (χ4n) is 1.43. The normalized spacial score (nSPS) is 10.6. The number of pyridine rings is 1. The predicted molar refractivity (Wildman–Crippen MR) is 54.6 cm³/mol. The first-order valence-corrected chi connectivity index (χ1v) is 4.57. The molecule has 16 heavy (non-hydrogen) atoms. The van der Waals surface area contributed by atoms with E-state index in [0.29, 0.717) is 5.56 Å². The van der Waals surface area contributed by atoms with Crippen LogP contribution in [-0.2, 0) is 0 Å². The number of carbonyl (C=O) groups is 1. The van der Waals surface area contributed by atoms with Crippen molar-refractivity contribution in [1.82, 2.24) is 0 Å². The van der Waals surface area contributed by atoms with Crippen molar-refractivity contribution >= 4 is 5.78 Å². The molecule has 2 aromatic rings. The number of nitrogens with zero attached hydrogens (tertiary/aromatic N) is 1. The third-order valence-electron chi connectivity index (χ3n) is 2.33. The van der Waals surface area contributed by atoms with E-state index >= 15 is 0 Å². The van der Waals surface area contributed by atoms with E-state index in [-0.39, 0.29) is 11.5 Å². The highest BCUT2D eigenvalue weighted by atomic mass is 16.3. The maximum atomic E-state index is 11.2. The first kappa shape index (κ1) is 10.2. The van der Waals surface area contributed by atoms with Crippen LogP contribution in [0.5, 0.6) is 5.75 Å². The van der Waals surface area contributed by atoms with E-state index in [1.165, 1.54) is 23.9 Å². The molecule has 1 N–H and O–H groups in total. The van der Waals surface area contributed by atoms with Crippen molar-refractivity contribution in [3.8, 4) is 11.4 Å². The average molecular weight is 218 g/mol. The minimum absolute atomic E-state index is 0.0897. The zero-order chi connectivity index (χ0) is 11.9. The summed E-state index contributed by atoms with van der Waals surface area (Å²) in [7, 11) is 0. The number of hydrogen-bond acceptors (Lipinski definition) is 4. The fraction of sp³-hybridized carbons (Fsp3) is 0.0909. The molecule has 0 saturated heterocycles. The molecule has 1 aromatic heterocycles. The van der Waals surface area contributed by atoms with Crippen molar-refractivity contribution in [3.63, 3.8) is 0 Å². The fourth-order valence-corrected chi connectivity index (χ4v) is 1.43. The van der Waals surface area contributed by atoms with Gasteiger partial charge in [-0.25, -0.2) is 0 Å². The molecule has 2 rings (SSSR count). The van der Waals surface area contributed by atoms with Gasteiger partial charge < -0.3 is 5.11 Å². The molecule has 0 radical (unpaired) electrons. The Morgan fingerprint density at radius 3 is 2.56 bits per heavy atom. The third-order valence-corrected chi connectivity index (χ3v) is 2.33. The van der Waals surface area contributed by atoms with Crippen LogP contribution >= 0.6 is 0 Å². The van der Waals surface area contributed by atoms with Crippen molar-refractivity contribution in [2.45, 2.75) is 6.92 Å². The van der Waals surface area contributed by atoms with Crippen LogP contribution in [0, 0.1) is 0 Å². The topological polar surface area (TPSA) is 75.3 Å². The van der Waals surface area contributed by atoms with Crippen LogP contribution in [0.1, 0.15) is 17.3 Å². The summed E-state index contributed by atoms with van der Waals surface area (Å²) in [5.74, 6) is -0.719. The van der Waals surface area contributed by atoms with Gasteiger partial charge in [0.15, 0.2) is 18.2 Å². The van der Waals surface area contributed by atoms with E-state index in [0.717, 1.165) is 0 Å². The number of aromatic hydroxyl groups is 1. The molecule has 0 aliphatic carbocycles. The lowest BCUT2D eigenvalue weighted by Gasteiger charge is -2.00. The summed E-state index contributed by atoms with van der Waals surface area (Å²) in [6.07, 6.45) is 2.89. The number of Topliss-reactive ketones (excluding diaryl/α,β-unsaturated/α-hetero) is 1. The van der Waals surface area contributed by atoms with E-state index in [1.807, 2.05) is 0 Å². The molecule has 0 atom stereocenters. The van der Waals surface area contributed by atoms with Gasteiger partial charge in [-0.1, -0.05) is 0 Å². The summed E-state index contributed by atoms with van der Waals surface area (Å²) in [4.78, 5) is 33.1. The Kier molecular flexibility index (Phi) is 2.16. The molecule has 0 fully saturated rings. The van der Waals surface area contributed by atoms with Crippen molar-refractivity contribution in [2.24, 2.45) is 0 Å². The maximum absolute atomic E-state index is 11.2. The van der Waals surface area contributed by atoms with Crippen LogP contribution in [0.25, 0.3) is 5.69 Å². The lowest BCUT2D eigenvalue weighted by atomic mass is 10.2. The standard InChI is InChI=1S/C11H7NO4/c1-6(13)7-3-2-4-12(5-7)8-9(14)11(16)10(8)15/h2-5H,1H3/p+1. The summed E-state index contributed by atoms with van der Waals surface area (Å²) >= 11 is 0. The third kappa shape index (κ3) is 1.33. The number of carbonyl (C=O) groups excluding carboxylic acids is 1. The van der Waals surface area contributed by atoms with E-state index in [1.54, 1.807) is 12.1 Å². The summed E-state index contributed by atoms with van der Waals surface area (Å²) in [6, 6.07) is 3.15. The second-order valence-corrected chi connectivity index (χ2v) is 3.41. The lowest BCUT2D eigenvalue weighted by Crippen LogP contribution is -2.47. The molecule has 5 heteroatoms. The number of ketones is 1. The highest BCUT2D eigenvalue weighted by Gasteiger charge is 2.29. The number of aromatic nitrogens is 1. The van der Waals surface area contributed by atoms with Gasteiger partial charge in [0.05, 0.1) is 5.56 Å². The van der Waals surface area contributed by atoms with Crippen LogP contribution in [0.3, 0.4) is 0 Å². The summed E-state index contributed by atoms with van der Waals surface area (Å²) in [5, 5.41) is 9.23. The highest BCUT2D eigenvalue weighted by Crippen LogP contribution is 2.07. The van der Waals surface area contributed by atoms with Gasteiger partial charge in [0.1, 0.15) is 0 Å². The molecule has 5 nitrogen and oxygen atoms in total. The second kappa shape index (κ2) is 3.37.